The number of aromatic nitrogens is 3. The number of esters is 1. The van der Waals surface area contributed by atoms with Crippen LogP contribution < -0.4 is 9.64 Å². The number of nitro groups is 1. The van der Waals surface area contributed by atoms with Gasteiger partial charge in [-0.1, -0.05) is 36.4 Å². The molecular formula is C28H22N6O5. The Morgan fingerprint density at radius 1 is 1.03 bits per heavy atom. The Labute approximate surface area is 223 Å². The van der Waals surface area contributed by atoms with Crippen molar-refractivity contribution < 1.29 is 19.2 Å². The maximum Gasteiger partial charge on any atom is 0.343 e. The molecule has 1 aliphatic heterocycles. The number of nitro benzene ring substituents is 1. The van der Waals surface area contributed by atoms with E-state index in [9.17, 15) is 20.2 Å². The molecule has 3 aromatic carbocycles. The number of carbonyl (C=O) groups excluding carboxylic acids is 1. The van der Waals surface area contributed by atoms with Crippen LogP contribution in [0.2, 0.25) is 0 Å². The van der Waals surface area contributed by atoms with E-state index in [-0.39, 0.29) is 17.0 Å². The number of morpholine rings is 1. The van der Waals surface area contributed by atoms with Gasteiger partial charge in [-0.05, 0) is 42.0 Å². The Balaban J connectivity index is 1.41. The Kier molecular flexibility index (Phi) is 7.38. The monoisotopic (exact) mass is 522 g/mol. The first kappa shape index (κ1) is 25.3. The lowest BCUT2D eigenvalue weighted by atomic mass is 10.1. The van der Waals surface area contributed by atoms with Gasteiger partial charge in [0.05, 0.1) is 35.0 Å². The quantitative estimate of drug-likeness (QED) is 0.114. The van der Waals surface area contributed by atoms with Crippen molar-refractivity contribution in [2.75, 3.05) is 31.2 Å². The fraction of sp³-hybridized carbons (Fsp3) is 0.143. The highest BCUT2D eigenvalue weighted by Gasteiger charge is 2.23. The SMILES string of the molecule is N#CC(=Cc1ccc(OC(=O)c2cccc([N+](=O)[O-])c2)cc1)c1nnc(N2CCOCC2)n1-c1ccccc1. The standard InChI is InChI=1S/C28H22N6O5/c29-19-22(26-30-31-28(32-13-15-38-16-14-32)33(26)23-6-2-1-3-7-23)17-20-9-11-25(12-10-20)39-27(35)21-5-4-8-24(18-21)34(36)37/h1-12,17-18H,13-16H2. The number of ether oxygens (including phenoxy) is 2. The Bertz CT molecular complexity index is 1570. The molecule has 0 aliphatic carbocycles. The summed E-state index contributed by atoms with van der Waals surface area (Å²) >= 11 is 0. The van der Waals surface area contributed by atoms with E-state index >= 15 is 0 Å². The molecule has 0 amide bonds. The van der Waals surface area contributed by atoms with Gasteiger partial charge in [0.25, 0.3) is 5.69 Å². The Morgan fingerprint density at radius 2 is 1.77 bits per heavy atom. The van der Waals surface area contributed by atoms with Crippen molar-refractivity contribution >= 4 is 29.3 Å². The lowest BCUT2D eigenvalue weighted by Gasteiger charge is -2.28. The van der Waals surface area contributed by atoms with E-state index in [1.165, 1.54) is 18.2 Å². The van der Waals surface area contributed by atoms with E-state index in [2.05, 4.69) is 21.2 Å². The smallest absolute Gasteiger partial charge is 0.343 e. The van der Waals surface area contributed by atoms with Crippen LogP contribution >= 0.6 is 0 Å². The van der Waals surface area contributed by atoms with Gasteiger partial charge in [-0.25, -0.2) is 4.79 Å². The molecule has 0 saturated carbocycles. The highest BCUT2D eigenvalue weighted by molar-refractivity contribution is 5.92. The predicted molar refractivity (Wildman–Crippen MR) is 142 cm³/mol. The molecule has 11 heteroatoms. The van der Waals surface area contributed by atoms with Gasteiger partial charge < -0.3 is 14.4 Å². The average Bonchev–Trinajstić information content (AvgIpc) is 3.43. The van der Waals surface area contributed by atoms with E-state index in [0.717, 1.165) is 11.8 Å². The van der Waals surface area contributed by atoms with Crippen LogP contribution in [0.25, 0.3) is 17.3 Å². The minimum absolute atomic E-state index is 0.0660. The minimum atomic E-state index is -0.716. The number of allylic oxidation sites excluding steroid dienone is 1. The van der Waals surface area contributed by atoms with Gasteiger partial charge in [0, 0.05) is 25.2 Å². The third-order valence-electron chi connectivity index (χ3n) is 6.01. The lowest BCUT2D eigenvalue weighted by molar-refractivity contribution is -0.384. The summed E-state index contributed by atoms with van der Waals surface area (Å²) < 4.78 is 12.7. The largest absolute Gasteiger partial charge is 0.423 e. The number of rotatable bonds is 7. The summed E-state index contributed by atoms with van der Waals surface area (Å²) in [7, 11) is 0. The number of carbonyl (C=O) groups is 1. The van der Waals surface area contributed by atoms with Gasteiger partial charge in [-0.2, -0.15) is 5.26 Å². The number of para-hydroxylation sites is 1. The van der Waals surface area contributed by atoms with E-state index < -0.39 is 10.9 Å². The molecule has 11 nitrogen and oxygen atoms in total. The normalized spacial score (nSPS) is 13.5. The van der Waals surface area contributed by atoms with Crippen molar-refractivity contribution in [2.45, 2.75) is 0 Å². The number of hydrogen-bond acceptors (Lipinski definition) is 9. The van der Waals surface area contributed by atoms with Crippen LogP contribution in [0.3, 0.4) is 0 Å². The zero-order chi connectivity index (χ0) is 27.2. The summed E-state index contributed by atoms with van der Waals surface area (Å²) in [6.07, 6.45) is 1.68. The van der Waals surface area contributed by atoms with Gasteiger partial charge in [0.15, 0.2) is 5.82 Å². The molecule has 39 heavy (non-hydrogen) atoms. The topological polar surface area (TPSA) is 136 Å². The van der Waals surface area contributed by atoms with Crippen molar-refractivity contribution in [1.29, 1.82) is 5.26 Å². The molecule has 0 N–H and O–H groups in total. The summed E-state index contributed by atoms with van der Waals surface area (Å²) in [6, 6.07) is 23.7. The first-order valence-corrected chi connectivity index (χ1v) is 12.1. The average molecular weight is 523 g/mol. The second-order valence-electron chi connectivity index (χ2n) is 8.53. The van der Waals surface area contributed by atoms with Gasteiger partial charge in [0.1, 0.15) is 11.8 Å². The molecule has 1 fully saturated rings. The first-order valence-electron chi connectivity index (χ1n) is 12.1. The maximum absolute atomic E-state index is 12.5. The molecule has 0 bridgehead atoms. The van der Waals surface area contributed by atoms with E-state index in [0.29, 0.717) is 49.2 Å². The highest BCUT2D eigenvalue weighted by atomic mass is 16.6. The maximum atomic E-state index is 12.5. The second kappa shape index (κ2) is 11.4. The van der Waals surface area contributed by atoms with Gasteiger partial charge in [-0.15, -0.1) is 10.2 Å². The number of benzene rings is 3. The second-order valence-corrected chi connectivity index (χ2v) is 8.53. The number of nitrogens with zero attached hydrogens (tertiary/aromatic N) is 6. The Morgan fingerprint density at radius 3 is 2.46 bits per heavy atom. The van der Waals surface area contributed by atoms with Crippen molar-refractivity contribution in [2.24, 2.45) is 0 Å². The van der Waals surface area contributed by atoms with Crippen LogP contribution in [-0.4, -0.2) is 52.0 Å². The van der Waals surface area contributed by atoms with Crippen LogP contribution in [0, 0.1) is 21.4 Å². The zero-order valence-electron chi connectivity index (χ0n) is 20.6. The molecule has 1 aromatic heterocycles. The van der Waals surface area contributed by atoms with Gasteiger partial charge in [0.2, 0.25) is 5.95 Å². The van der Waals surface area contributed by atoms with Gasteiger partial charge >= 0.3 is 5.97 Å². The number of hydrogen-bond donors (Lipinski definition) is 0. The molecular weight excluding hydrogens is 500 g/mol. The number of nitriles is 1. The molecule has 194 valence electrons. The molecule has 0 radical (unpaired) electrons. The molecule has 2 heterocycles. The Hall–Kier alpha value is -5.34. The molecule has 0 spiro atoms. The van der Waals surface area contributed by atoms with Crippen molar-refractivity contribution in [3.8, 4) is 17.5 Å². The van der Waals surface area contributed by atoms with Crippen molar-refractivity contribution in [3.63, 3.8) is 0 Å². The number of anilines is 1. The van der Waals surface area contributed by atoms with Gasteiger partial charge in [-0.3, -0.25) is 14.7 Å². The summed E-state index contributed by atoms with van der Waals surface area (Å²) in [5.41, 5.74) is 1.67. The van der Waals surface area contributed by atoms with Crippen LogP contribution in [0.1, 0.15) is 21.7 Å². The third-order valence-corrected chi connectivity index (χ3v) is 6.01. The van der Waals surface area contributed by atoms with Crippen LogP contribution in [0.4, 0.5) is 11.6 Å². The van der Waals surface area contributed by atoms with Crippen molar-refractivity contribution in [1.82, 2.24) is 14.8 Å². The molecule has 4 aromatic rings. The van der Waals surface area contributed by atoms with Crippen LogP contribution in [-0.2, 0) is 4.74 Å². The molecule has 0 atom stereocenters. The summed E-state index contributed by atoms with van der Waals surface area (Å²) in [5.74, 6) is 0.561. The highest BCUT2D eigenvalue weighted by Crippen LogP contribution is 2.27. The summed E-state index contributed by atoms with van der Waals surface area (Å²) in [6.45, 7) is 2.48. The van der Waals surface area contributed by atoms with E-state index in [1.54, 1.807) is 30.3 Å². The summed E-state index contributed by atoms with van der Waals surface area (Å²) in [4.78, 5) is 24.9. The van der Waals surface area contributed by atoms with E-state index in [4.69, 9.17) is 9.47 Å². The fourth-order valence-corrected chi connectivity index (χ4v) is 4.09. The predicted octanol–water partition coefficient (Wildman–Crippen LogP) is 4.30. The van der Waals surface area contributed by atoms with Crippen molar-refractivity contribution in [3.05, 3.63) is 106 Å². The number of non-ortho nitro benzene ring substituents is 1. The van der Waals surface area contributed by atoms with E-state index in [1.807, 2.05) is 34.9 Å². The molecule has 1 saturated heterocycles. The molecule has 0 unspecified atom stereocenters. The van der Waals surface area contributed by atoms with Crippen LogP contribution in [0.15, 0.2) is 78.9 Å². The minimum Gasteiger partial charge on any atom is -0.423 e. The first-order chi connectivity index (χ1) is 19.0. The molecule has 1 aliphatic rings. The summed E-state index contributed by atoms with van der Waals surface area (Å²) in [5, 5.41) is 29.8. The fourth-order valence-electron chi connectivity index (χ4n) is 4.09. The third kappa shape index (κ3) is 5.66. The van der Waals surface area contributed by atoms with Crippen LogP contribution in [0.5, 0.6) is 5.75 Å². The molecule has 5 rings (SSSR count). The zero-order valence-corrected chi connectivity index (χ0v) is 20.6. The lowest BCUT2D eigenvalue weighted by Crippen LogP contribution is -2.38.